The summed E-state index contributed by atoms with van der Waals surface area (Å²) in [7, 11) is 0. The molecular weight excluding hydrogens is 338 g/mol. The molecule has 0 amide bonds. The first-order chi connectivity index (χ1) is 13.4. The van der Waals surface area contributed by atoms with Crippen LogP contribution in [-0.4, -0.2) is 47.5 Å². The van der Waals surface area contributed by atoms with E-state index in [1.807, 2.05) is 24.8 Å². The van der Waals surface area contributed by atoms with Crippen LogP contribution in [0.25, 0.3) is 11.3 Å². The Morgan fingerprint density at radius 2 is 2.07 bits per heavy atom. The molecule has 1 fully saturated rings. The van der Waals surface area contributed by atoms with Crippen molar-refractivity contribution < 1.29 is 0 Å². The zero-order valence-electron chi connectivity index (χ0n) is 15.2. The maximum absolute atomic E-state index is 4.80. The monoisotopic (exact) mass is 361 g/mol. The second kappa shape index (κ2) is 7.09. The van der Waals surface area contributed by atoms with Gasteiger partial charge in [-0.1, -0.05) is 0 Å². The highest BCUT2D eigenvalue weighted by molar-refractivity contribution is 6.02. The van der Waals surface area contributed by atoms with Crippen LogP contribution in [0.5, 0.6) is 0 Å². The number of aromatic nitrogens is 2. The normalized spacial score (nSPS) is 19.0. The fourth-order valence-electron chi connectivity index (χ4n) is 3.95. The first kappa shape index (κ1) is 16.4. The van der Waals surface area contributed by atoms with Crippen LogP contribution in [-0.2, 0) is 0 Å². The molecule has 5 rings (SSSR count). The number of pyridine rings is 2. The second-order valence-electron chi connectivity index (χ2n) is 7.20. The minimum Gasteiger partial charge on any atom is -0.338 e. The Balaban J connectivity index is 1.44. The van der Waals surface area contributed by atoms with Gasteiger partial charge < -0.3 is 10.6 Å². The molecule has 0 radical (unpaired) electrons. The van der Waals surface area contributed by atoms with E-state index in [4.69, 9.17) is 4.99 Å². The van der Waals surface area contributed by atoms with Crippen LogP contribution in [0, 0.1) is 5.92 Å². The summed E-state index contributed by atoms with van der Waals surface area (Å²) in [4.78, 5) is 13.6. The molecule has 7 heteroatoms. The number of aliphatic imine (C=N–C) groups is 1. The molecule has 0 unspecified atom stereocenters. The number of hydrogen-bond donors (Lipinski definition) is 3. The van der Waals surface area contributed by atoms with Gasteiger partial charge in [0.05, 0.1) is 24.1 Å². The molecule has 0 aromatic carbocycles. The summed E-state index contributed by atoms with van der Waals surface area (Å²) >= 11 is 0. The first-order valence-corrected chi connectivity index (χ1v) is 9.53. The van der Waals surface area contributed by atoms with Crippen LogP contribution >= 0.6 is 0 Å². The van der Waals surface area contributed by atoms with Crippen molar-refractivity contribution in [2.24, 2.45) is 10.9 Å². The summed E-state index contributed by atoms with van der Waals surface area (Å²) in [5.74, 6) is 1.54. The van der Waals surface area contributed by atoms with Gasteiger partial charge in [-0.15, -0.1) is 0 Å². The minimum atomic E-state index is 0.715. The Morgan fingerprint density at radius 1 is 1.15 bits per heavy atom. The lowest BCUT2D eigenvalue weighted by Crippen LogP contribution is -2.44. The van der Waals surface area contributed by atoms with Crippen molar-refractivity contribution in [1.82, 2.24) is 25.7 Å². The molecule has 2 aromatic rings. The lowest BCUT2D eigenvalue weighted by atomic mass is 9.98. The Hall–Kier alpha value is -2.77. The number of nitrogens with zero attached hydrogens (tertiary/aromatic N) is 4. The third-order valence-corrected chi connectivity index (χ3v) is 5.44. The van der Waals surface area contributed by atoms with Gasteiger partial charge in [-0.3, -0.25) is 9.99 Å². The van der Waals surface area contributed by atoms with E-state index in [1.54, 1.807) is 6.20 Å². The number of fused-ring (bicyclic) bond motifs is 4. The number of piperidine rings is 1. The molecule has 0 spiro atoms. The number of anilines is 2. The van der Waals surface area contributed by atoms with Gasteiger partial charge in [0.2, 0.25) is 0 Å². The molecule has 1 saturated heterocycles. The molecule has 0 aliphatic carbocycles. The van der Waals surface area contributed by atoms with Crippen molar-refractivity contribution in [2.45, 2.75) is 12.8 Å². The molecule has 138 valence electrons. The molecule has 0 saturated carbocycles. The van der Waals surface area contributed by atoms with Crippen molar-refractivity contribution in [2.75, 3.05) is 31.5 Å². The van der Waals surface area contributed by atoms with Crippen molar-refractivity contribution >= 4 is 29.1 Å². The van der Waals surface area contributed by atoms with Gasteiger partial charge in [0.15, 0.2) is 0 Å². The summed E-state index contributed by atoms with van der Waals surface area (Å²) in [6.07, 6.45) is 9.84. The predicted octanol–water partition coefficient (Wildman–Crippen LogP) is 2.25. The van der Waals surface area contributed by atoms with Crippen LogP contribution in [0.15, 0.2) is 41.8 Å². The fourth-order valence-corrected chi connectivity index (χ4v) is 3.95. The minimum absolute atomic E-state index is 0.715. The highest BCUT2D eigenvalue weighted by atomic mass is 15.5. The van der Waals surface area contributed by atoms with Crippen molar-refractivity contribution in [1.29, 1.82) is 0 Å². The van der Waals surface area contributed by atoms with Gasteiger partial charge >= 0.3 is 0 Å². The van der Waals surface area contributed by atoms with Gasteiger partial charge in [-0.2, -0.15) is 0 Å². The summed E-state index contributed by atoms with van der Waals surface area (Å²) in [6.45, 7) is 3.98. The molecule has 27 heavy (non-hydrogen) atoms. The van der Waals surface area contributed by atoms with Crippen LogP contribution in [0.4, 0.5) is 11.5 Å². The zero-order valence-corrected chi connectivity index (χ0v) is 15.2. The van der Waals surface area contributed by atoms with E-state index >= 15 is 0 Å². The lowest BCUT2D eigenvalue weighted by molar-refractivity contribution is 0.274. The van der Waals surface area contributed by atoms with Gasteiger partial charge in [0.25, 0.3) is 0 Å². The molecule has 7 nitrogen and oxygen atoms in total. The summed E-state index contributed by atoms with van der Waals surface area (Å²) < 4.78 is 0. The molecule has 0 bridgehead atoms. The number of nitrogens with one attached hydrogen (secondary N) is 3. The molecule has 3 N–H and O–H groups in total. The van der Waals surface area contributed by atoms with Crippen LogP contribution < -0.4 is 16.1 Å². The topological polar surface area (TPSA) is 77.5 Å². The Morgan fingerprint density at radius 3 is 3.00 bits per heavy atom. The average Bonchev–Trinajstić information content (AvgIpc) is 2.87. The Kier molecular flexibility index (Phi) is 4.31. The second-order valence-corrected chi connectivity index (χ2v) is 7.20. The first-order valence-electron chi connectivity index (χ1n) is 9.53. The third kappa shape index (κ3) is 3.20. The summed E-state index contributed by atoms with van der Waals surface area (Å²) in [5.41, 5.74) is 8.86. The fraction of sp³-hybridized carbons (Fsp3) is 0.350. The smallest absolute Gasteiger partial charge is 0.139 e. The van der Waals surface area contributed by atoms with Crippen molar-refractivity contribution in [3.63, 3.8) is 0 Å². The standard InChI is InChI=1S/C20H23N7/c1-2-16-19-17(15-5-9-22-11-18(15)26-20(16)23-6-1)12-27(13-24-19)25-10-14-3-7-21-8-4-14/h1-2,5-6,9,11,13-14,21,25H,3-4,7-8,10,12H2,(H,23,26). The molecule has 5 heterocycles. The van der Waals surface area contributed by atoms with Crippen molar-refractivity contribution in [3.8, 4) is 0 Å². The third-order valence-electron chi connectivity index (χ3n) is 5.44. The van der Waals surface area contributed by atoms with Gasteiger partial charge in [0.1, 0.15) is 12.2 Å². The highest BCUT2D eigenvalue weighted by Gasteiger charge is 2.26. The predicted molar refractivity (Wildman–Crippen MR) is 107 cm³/mol. The van der Waals surface area contributed by atoms with Crippen LogP contribution in [0.3, 0.4) is 0 Å². The Labute approximate surface area is 158 Å². The van der Waals surface area contributed by atoms with E-state index in [-0.39, 0.29) is 0 Å². The maximum atomic E-state index is 4.80. The van der Waals surface area contributed by atoms with E-state index < -0.39 is 0 Å². The van der Waals surface area contributed by atoms with Crippen molar-refractivity contribution in [3.05, 3.63) is 47.9 Å². The SMILES string of the molecule is C1=NC2=C(CN1NCC1CCNCC1)c1ccncc1Nc1ncccc12. The summed E-state index contributed by atoms with van der Waals surface area (Å²) in [6, 6.07) is 6.07. The van der Waals surface area contributed by atoms with E-state index in [9.17, 15) is 0 Å². The number of hydrogen-bond acceptors (Lipinski definition) is 7. The number of hydrazine groups is 1. The molecule has 3 aliphatic heterocycles. The number of rotatable bonds is 3. The van der Waals surface area contributed by atoms with E-state index in [1.165, 1.54) is 18.4 Å². The van der Waals surface area contributed by atoms with E-state index in [2.05, 4.69) is 43.2 Å². The van der Waals surface area contributed by atoms with E-state index in [0.717, 1.165) is 54.5 Å². The molecule has 3 aliphatic rings. The van der Waals surface area contributed by atoms with Crippen LogP contribution in [0.2, 0.25) is 0 Å². The van der Waals surface area contributed by atoms with E-state index in [0.29, 0.717) is 5.92 Å². The molecule has 2 aromatic heterocycles. The Bertz CT molecular complexity index is 899. The maximum Gasteiger partial charge on any atom is 0.139 e. The van der Waals surface area contributed by atoms with Gasteiger partial charge in [-0.05, 0) is 50.0 Å². The molecular formula is C20H23N7. The highest BCUT2D eigenvalue weighted by Crippen LogP contribution is 2.40. The van der Waals surface area contributed by atoms with Gasteiger partial charge in [-0.25, -0.2) is 15.4 Å². The van der Waals surface area contributed by atoms with Gasteiger partial charge in [0, 0.05) is 35.6 Å². The lowest BCUT2D eigenvalue weighted by Gasteiger charge is -2.30. The van der Waals surface area contributed by atoms with Crippen LogP contribution in [0.1, 0.15) is 24.0 Å². The quantitative estimate of drug-likeness (QED) is 0.778. The summed E-state index contributed by atoms with van der Waals surface area (Å²) in [5, 5.41) is 8.95. The average molecular weight is 361 g/mol. The largest absolute Gasteiger partial charge is 0.338 e. The zero-order chi connectivity index (χ0) is 18.1. The molecule has 0 atom stereocenters.